The van der Waals surface area contributed by atoms with Crippen LogP contribution in [0.15, 0.2) is 66.1 Å². The number of aryl methyl sites for hydroxylation is 1. The topological polar surface area (TPSA) is 59.8 Å². The molecule has 1 atom stereocenters. The second-order valence-corrected chi connectivity index (χ2v) is 7.32. The van der Waals surface area contributed by atoms with Crippen molar-refractivity contribution in [2.75, 3.05) is 5.75 Å². The van der Waals surface area contributed by atoms with Crippen molar-refractivity contribution in [3.05, 3.63) is 72.1 Å². The van der Waals surface area contributed by atoms with E-state index in [0.29, 0.717) is 10.9 Å². The highest BCUT2D eigenvalue weighted by Gasteiger charge is 2.15. The van der Waals surface area contributed by atoms with Crippen LogP contribution in [0.25, 0.3) is 5.69 Å². The lowest BCUT2D eigenvalue weighted by Crippen LogP contribution is -2.30. The fraction of sp³-hybridized carbons (Fsp3) is 0.286. The molecule has 0 spiro atoms. The summed E-state index contributed by atoms with van der Waals surface area (Å²) in [5.41, 5.74) is 3.30. The molecule has 140 valence electrons. The second-order valence-electron chi connectivity index (χ2n) is 6.38. The first-order chi connectivity index (χ1) is 13.2. The van der Waals surface area contributed by atoms with Gasteiger partial charge in [0.1, 0.15) is 6.33 Å². The number of rotatable bonds is 8. The summed E-state index contributed by atoms with van der Waals surface area (Å²) in [6.07, 6.45) is 3.61. The molecule has 1 heterocycles. The summed E-state index contributed by atoms with van der Waals surface area (Å²) in [6.45, 7) is 4.17. The minimum absolute atomic E-state index is 0.00152. The van der Waals surface area contributed by atoms with Gasteiger partial charge < -0.3 is 5.32 Å². The molecule has 5 nitrogen and oxygen atoms in total. The molecule has 0 aliphatic rings. The third-order valence-electron chi connectivity index (χ3n) is 4.34. The van der Waals surface area contributed by atoms with E-state index in [1.165, 1.54) is 11.8 Å². The van der Waals surface area contributed by atoms with E-state index in [9.17, 15) is 4.79 Å². The minimum Gasteiger partial charge on any atom is -0.349 e. The van der Waals surface area contributed by atoms with Crippen LogP contribution in [0.2, 0.25) is 0 Å². The maximum Gasteiger partial charge on any atom is 0.230 e. The molecule has 0 aliphatic carbocycles. The normalized spacial score (nSPS) is 11.9. The smallest absolute Gasteiger partial charge is 0.230 e. The largest absolute Gasteiger partial charge is 0.349 e. The van der Waals surface area contributed by atoms with Crippen molar-refractivity contribution in [2.45, 2.75) is 37.9 Å². The van der Waals surface area contributed by atoms with Gasteiger partial charge in [0, 0.05) is 0 Å². The summed E-state index contributed by atoms with van der Waals surface area (Å²) in [5, 5.41) is 12.1. The van der Waals surface area contributed by atoms with Gasteiger partial charge in [0.15, 0.2) is 5.16 Å². The number of hydrogen-bond donors (Lipinski definition) is 1. The van der Waals surface area contributed by atoms with Crippen LogP contribution < -0.4 is 5.32 Å². The van der Waals surface area contributed by atoms with E-state index in [4.69, 9.17) is 0 Å². The maximum atomic E-state index is 12.5. The Morgan fingerprint density at radius 1 is 1.15 bits per heavy atom. The molecule has 0 aliphatic heterocycles. The van der Waals surface area contributed by atoms with E-state index in [0.717, 1.165) is 29.7 Å². The van der Waals surface area contributed by atoms with E-state index in [1.807, 2.05) is 54.0 Å². The highest BCUT2D eigenvalue weighted by atomic mass is 32.2. The Kier molecular flexibility index (Phi) is 6.65. The Balaban J connectivity index is 1.64. The molecule has 0 fully saturated rings. The van der Waals surface area contributed by atoms with Crippen molar-refractivity contribution in [3.8, 4) is 5.69 Å². The molecular weight excluding hydrogens is 356 g/mol. The number of carbonyl (C=O) groups is 1. The van der Waals surface area contributed by atoms with Crippen LogP contribution in [0.1, 0.15) is 36.9 Å². The molecule has 27 heavy (non-hydrogen) atoms. The molecular formula is C21H24N4OS. The third-order valence-corrected chi connectivity index (χ3v) is 5.28. The van der Waals surface area contributed by atoms with E-state index >= 15 is 0 Å². The quantitative estimate of drug-likeness (QED) is 0.591. The molecule has 1 aromatic heterocycles. The van der Waals surface area contributed by atoms with Gasteiger partial charge >= 0.3 is 0 Å². The summed E-state index contributed by atoms with van der Waals surface area (Å²) in [6, 6.07) is 18.2. The molecule has 0 bridgehead atoms. The molecule has 0 saturated carbocycles. The number of thioether (sulfide) groups is 1. The molecule has 2 aromatic carbocycles. The van der Waals surface area contributed by atoms with Crippen LogP contribution >= 0.6 is 11.8 Å². The summed E-state index contributed by atoms with van der Waals surface area (Å²) < 4.78 is 1.92. The van der Waals surface area contributed by atoms with Gasteiger partial charge in [-0.15, -0.1) is 10.2 Å². The monoisotopic (exact) mass is 380 g/mol. The average Bonchev–Trinajstić information content (AvgIpc) is 3.15. The van der Waals surface area contributed by atoms with E-state index < -0.39 is 0 Å². The third kappa shape index (κ3) is 4.98. The van der Waals surface area contributed by atoms with E-state index in [1.54, 1.807) is 6.33 Å². The van der Waals surface area contributed by atoms with Crippen LogP contribution in [-0.4, -0.2) is 26.4 Å². The summed E-state index contributed by atoms with van der Waals surface area (Å²) in [5.74, 6) is 0.305. The second kappa shape index (κ2) is 9.37. The Bertz CT molecular complexity index is 879. The van der Waals surface area contributed by atoms with Crippen molar-refractivity contribution in [1.29, 1.82) is 0 Å². The van der Waals surface area contributed by atoms with Crippen molar-refractivity contribution in [1.82, 2.24) is 20.1 Å². The predicted octanol–water partition coefficient (Wildman–Crippen LogP) is 4.33. The predicted molar refractivity (Wildman–Crippen MR) is 109 cm³/mol. The Labute approximate surface area is 164 Å². The zero-order chi connectivity index (χ0) is 19.1. The average molecular weight is 381 g/mol. The fourth-order valence-corrected chi connectivity index (χ4v) is 3.72. The molecule has 6 heteroatoms. The van der Waals surface area contributed by atoms with Gasteiger partial charge in [0.25, 0.3) is 0 Å². The van der Waals surface area contributed by atoms with Gasteiger partial charge in [0.05, 0.1) is 17.5 Å². The number of benzene rings is 2. The molecule has 1 N–H and O–H groups in total. The number of amides is 1. The van der Waals surface area contributed by atoms with Gasteiger partial charge in [0.2, 0.25) is 5.91 Å². The van der Waals surface area contributed by atoms with Gasteiger partial charge in [-0.3, -0.25) is 9.36 Å². The Hall–Kier alpha value is -2.60. The molecule has 3 aromatic rings. The molecule has 0 radical (unpaired) electrons. The van der Waals surface area contributed by atoms with Crippen molar-refractivity contribution < 1.29 is 4.79 Å². The van der Waals surface area contributed by atoms with Gasteiger partial charge in [-0.1, -0.05) is 73.6 Å². The molecule has 0 saturated heterocycles. The van der Waals surface area contributed by atoms with Crippen LogP contribution in [0.3, 0.4) is 0 Å². The lowest BCUT2D eigenvalue weighted by molar-refractivity contribution is -0.119. The number of hydrogen-bond acceptors (Lipinski definition) is 4. The summed E-state index contributed by atoms with van der Waals surface area (Å²) >= 11 is 1.40. The van der Waals surface area contributed by atoms with Crippen molar-refractivity contribution in [3.63, 3.8) is 0 Å². The standard InChI is InChI=1S/C21H24N4OS/c1-3-9-18(17-11-5-4-6-12-17)23-20(26)14-27-21-24-22-15-25(21)19-13-8-7-10-16(19)2/h4-8,10-13,15,18H,3,9,14H2,1-2H3,(H,23,26). The van der Waals surface area contributed by atoms with E-state index in [2.05, 4.69) is 34.6 Å². The van der Waals surface area contributed by atoms with Crippen molar-refractivity contribution in [2.24, 2.45) is 0 Å². The van der Waals surface area contributed by atoms with Crippen LogP contribution in [0, 0.1) is 6.92 Å². The summed E-state index contributed by atoms with van der Waals surface area (Å²) in [7, 11) is 0. The number of carbonyl (C=O) groups excluding carboxylic acids is 1. The highest BCUT2D eigenvalue weighted by Crippen LogP contribution is 2.23. The first-order valence-corrected chi connectivity index (χ1v) is 10.1. The zero-order valence-corrected chi connectivity index (χ0v) is 16.4. The number of nitrogens with zero attached hydrogens (tertiary/aromatic N) is 3. The molecule has 3 rings (SSSR count). The Morgan fingerprint density at radius 2 is 1.89 bits per heavy atom. The first-order valence-electron chi connectivity index (χ1n) is 9.12. The van der Waals surface area contributed by atoms with E-state index in [-0.39, 0.29) is 11.9 Å². The molecule has 1 amide bonds. The molecule has 1 unspecified atom stereocenters. The lowest BCUT2D eigenvalue weighted by Gasteiger charge is -2.18. The first kappa shape index (κ1) is 19.2. The van der Waals surface area contributed by atoms with Crippen LogP contribution in [0.4, 0.5) is 0 Å². The number of nitrogens with one attached hydrogen (secondary N) is 1. The van der Waals surface area contributed by atoms with Crippen LogP contribution in [0.5, 0.6) is 0 Å². The lowest BCUT2D eigenvalue weighted by atomic mass is 10.0. The van der Waals surface area contributed by atoms with Crippen molar-refractivity contribution >= 4 is 17.7 Å². The zero-order valence-electron chi connectivity index (χ0n) is 15.6. The summed E-state index contributed by atoms with van der Waals surface area (Å²) in [4.78, 5) is 12.5. The van der Waals surface area contributed by atoms with Gasteiger partial charge in [-0.25, -0.2) is 0 Å². The minimum atomic E-state index is 0.00152. The van der Waals surface area contributed by atoms with Gasteiger partial charge in [-0.2, -0.15) is 0 Å². The maximum absolute atomic E-state index is 12.5. The SMILES string of the molecule is CCCC(NC(=O)CSc1nncn1-c1ccccc1C)c1ccccc1. The number of aromatic nitrogens is 3. The Morgan fingerprint density at radius 3 is 2.63 bits per heavy atom. The van der Waals surface area contributed by atoms with Crippen LogP contribution in [-0.2, 0) is 4.79 Å². The highest BCUT2D eigenvalue weighted by molar-refractivity contribution is 7.99. The van der Waals surface area contributed by atoms with Gasteiger partial charge in [-0.05, 0) is 30.5 Å². The fourth-order valence-electron chi connectivity index (χ4n) is 2.98. The number of para-hydroxylation sites is 1.